The van der Waals surface area contributed by atoms with E-state index >= 15 is 0 Å². The van der Waals surface area contributed by atoms with E-state index in [4.69, 9.17) is 16.3 Å². The topological polar surface area (TPSA) is 61.8 Å². The number of pyridine rings is 1. The van der Waals surface area contributed by atoms with Gasteiger partial charge in [-0.1, -0.05) is 25.4 Å². The van der Waals surface area contributed by atoms with Crippen LogP contribution in [0.1, 0.15) is 27.2 Å². The van der Waals surface area contributed by atoms with Gasteiger partial charge in [0.05, 0.1) is 18.2 Å². The summed E-state index contributed by atoms with van der Waals surface area (Å²) in [4.78, 5) is 11.2. The number of hydrogen-bond donors (Lipinski definition) is 2. The second kappa shape index (κ2) is 10.5. The van der Waals surface area contributed by atoms with Crippen LogP contribution in [0, 0.1) is 5.92 Å². The summed E-state index contributed by atoms with van der Waals surface area (Å²) in [5.41, 5.74) is 0. The third-order valence-corrected chi connectivity index (χ3v) is 4.16. The molecule has 25 heavy (non-hydrogen) atoms. The van der Waals surface area contributed by atoms with Crippen molar-refractivity contribution in [2.75, 3.05) is 44.3 Å². The van der Waals surface area contributed by atoms with Gasteiger partial charge in [0.25, 0.3) is 0 Å². The Balaban J connectivity index is 1.82. The van der Waals surface area contributed by atoms with Crippen LogP contribution in [0.3, 0.4) is 0 Å². The molecule has 0 aliphatic carbocycles. The van der Waals surface area contributed by atoms with E-state index in [9.17, 15) is 0 Å². The Bertz CT molecular complexity index is 552. The first-order chi connectivity index (χ1) is 12.1. The summed E-state index contributed by atoms with van der Waals surface area (Å²) in [6, 6.07) is 4.06. The highest BCUT2D eigenvalue weighted by Gasteiger charge is 2.25. The Kier molecular flexibility index (Phi) is 8.28. The Morgan fingerprint density at radius 2 is 2.36 bits per heavy atom. The number of ether oxygens (including phenoxy) is 1. The zero-order chi connectivity index (χ0) is 18.1. The van der Waals surface area contributed by atoms with Crippen LogP contribution in [-0.4, -0.2) is 56.4 Å². The van der Waals surface area contributed by atoms with Crippen LogP contribution in [0.2, 0.25) is 5.02 Å². The summed E-state index contributed by atoms with van der Waals surface area (Å²) >= 11 is 6.25. The molecule has 1 aromatic rings. The Morgan fingerprint density at radius 3 is 3.08 bits per heavy atom. The molecule has 2 rings (SSSR count). The van der Waals surface area contributed by atoms with Gasteiger partial charge in [-0.25, -0.2) is 4.98 Å². The lowest BCUT2D eigenvalue weighted by Gasteiger charge is -2.20. The molecule has 1 atom stereocenters. The Hall–Kier alpha value is -1.53. The van der Waals surface area contributed by atoms with Crippen molar-refractivity contribution in [1.82, 2.24) is 15.6 Å². The molecule has 0 amide bonds. The molecule has 2 N–H and O–H groups in total. The number of nitrogens with one attached hydrogen (secondary N) is 2. The fourth-order valence-electron chi connectivity index (χ4n) is 2.73. The minimum Gasteiger partial charge on any atom is -0.379 e. The fourth-order valence-corrected chi connectivity index (χ4v) is 2.98. The van der Waals surface area contributed by atoms with E-state index in [0.29, 0.717) is 30.1 Å². The molecular formula is C18H30ClN5O. The molecule has 0 radical (unpaired) electrons. The summed E-state index contributed by atoms with van der Waals surface area (Å²) in [6.45, 7) is 11.1. The molecule has 0 saturated carbocycles. The molecule has 1 aliphatic heterocycles. The number of rotatable bonds is 8. The van der Waals surface area contributed by atoms with Crippen molar-refractivity contribution in [2.45, 2.75) is 33.2 Å². The molecule has 0 bridgehead atoms. The maximum absolute atomic E-state index is 6.25. The maximum Gasteiger partial charge on any atom is 0.191 e. The molecule has 2 heterocycles. The number of nitrogens with zero attached hydrogens (tertiary/aromatic N) is 3. The lowest BCUT2D eigenvalue weighted by Crippen LogP contribution is -2.44. The number of aromatic nitrogens is 1. The van der Waals surface area contributed by atoms with Gasteiger partial charge in [0.15, 0.2) is 5.96 Å². The van der Waals surface area contributed by atoms with E-state index in [0.717, 1.165) is 44.4 Å². The largest absolute Gasteiger partial charge is 0.379 e. The van der Waals surface area contributed by atoms with Crippen molar-refractivity contribution >= 4 is 23.4 Å². The minimum absolute atomic E-state index is 0.326. The van der Waals surface area contributed by atoms with Crippen LogP contribution in [0.25, 0.3) is 0 Å². The van der Waals surface area contributed by atoms with Crippen LogP contribution < -0.4 is 15.5 Å². The minimum atomic E-state index is 0.326. The van der Waals surface area contributed by atoms with Gasteiger partial charge in [0.2, 0.25) is 0 Å². The molecule has 7 heteroatoms. The summed E-state index contributed by atoms with van der Waals surface area (Å²) in [6.07, 6.45) is 2.81. The molecule has 1 unspecified atom stereocenters. The maximum atomic E-state index is 6.25. The van der Waals surface area contributed by atoms with Gasteiger partial charge >= 0.3 is 0 Å². The first-order valence-electron chi connectivity index (χ1n) is 9.08. The predicted molar refractivity (Wildman–Crippen MR) is 105 cm³/mol. The first kappa shape index (κ1) is 19.8. The van der Waals surface area contributed by atoms with Gasteiger partial charge in [-0.15, -0.1) is 0 Å². The van der Waals surface area contributed by atoms with Crippen LogP contribution >= 0.6 is 11.6 Å². The van der Waals surface area contributed by atoms with Gasteiger partial charge in [-0.05, 0) is 31.4 Å². The van der Waals surface area contributed by atoms with Gasteiger partial charge in [-0.2, -0.15) is 0 Å². The van der Waals surface area contributed by atoms with Crippen LogP contribution in [0.15, 0.2) is 23.3 Å². The zero-order valence-electron chi connectivity index (χ0n) is 15.5. The summed E-state index contributed by atoms with van der Waals surface area (Å²) in [5, 5.41) is 7.50. The molecule has 1 aromatic heterocycles. The molecule has 0 spiro atoms. The zero-order valence-corrected chi connectivity index (χ0v) is 16.2. The highest BCUT2D eigenvalue weighted by molar-refractivity contribution is 6.32. The van der Waals surface area contributed by atoms with Crippen molar-refractivity contribution in [3.63, 3.8) is 0 Å². The normalized spacial score (nSPS) is 18.0. The smallest absolute Gasteiger partial charge is 0.191 e. The third kappa shape index (κ3) is 6.71. The van der Waals surface area contributed by atoms with Gasteiger partial charge in [0, 0.05) is 38.5 Å². The average Bonchev–Trinajstić information content (AvgIpc) is 3.03. The SMILES string of the molecule is CCNC(=NCCOCC(C)C)NC1CCN(c2ncccc2Cl)C1. The van der Waals surface area contributed by atoms with Crippen molar-refractivity contribution in [1.29, 1.82) is 0 Å². The predicted octanol–water partition coefficient (Wildman–Crippen LogP) is 2.54. The monoisotopic (exact) mass is 367 g/mol. The number of hydrogen-bond acceptors (Lipinski definition) is 4. The number of aliphatic imine (C=N–C) groups is 1. The lowest BCUT2D eigenvalue weighted by atomic mass is 10.2. The standard InChI is InChI=1S/C18H30ClN5O/c1-4-20-18(22-9-11-25-13-14(2)3)23-15-7-10-24(12-15)17-16(19)6-5-8-21-17/h5-6,8,14-15H,4,7,9-13H2,1-3H3,(H2,20,22,23). The van der Waals surface area contributed by atoms with Crippen LogP contribution in [0.5, 0.6) is 0 Å². The molecule has 6 nitrogen and oxygen atoms in total. The summed E-state index contributed by atoms with van der Waals surface area (Å²) in [7, 11) is 0. The Labute approximate surface area is 156 Å². The van der Waals surface area contributed by atoms with E-state index in [1.54, 1.807) is 6.20 Å². The van der Waals surface area contributed by atoms with Crippen molar-refractivity contribution < 1.29 is 4.74 Å². The fraction of sp³-hybridized carbons (Fsp3) is 0.667. The average molecular weight is 368 g/mol. The van der Waals surface area contributed by atoms with Gasteiger partial charge < -0.3 is 20.3 Å². The molecule has 0 aromatic carbocycles. The third-order valence-electron chi connectivity index (χ3n) is 3.87. The molecule has 1 saturated heterocycles. The van der Waals surface area contributed by atoms with Crippen molar-refractivity contribution in [3.8, 4) is 0 Å². The van der Waals surface area contributed by atoms with E-state index in [1.165, 1.54) is 0 Å². The summed E-state index contributed by atoms with van der Waals surface area (Å²) < 4.78 is 5.59. The van der Waals surface area contributed by atoms with E-state index in [-0.39, 0.29) is 0 Å². The lowest BCUT2D eigenvalue weighted by molar-refractivity contribution is 0.117. The van der Waals surface area contributed by atoms with E-state index in [1.807, 2.05) is 12.1 Å². The molecule has 1 aliphatic rings. The summed E-state index contributed by atoms with van der Waals surface area (Å²) in [5.74, 6) is 2.25. The van der Waals surface area contributed by atoms with Crippen molar-refractivity contribution in [2.24, 2.45) is 10.9 Å². The second-order valence-corrected chi connectivity index (χ2v) is 7.02. The number of halogens is 1. The quantitative estimate of drug-likeness (QED) is 0.420. The molecule has 1 fully saturated rings. The van der Waals surface area contributed by atoms with Crippen LogP contribution in [-0.2, 0) is 4.74 Å². The Morgan fingerprint density at radius 1 is 1.52 bits per heavy atom. The molecule has 140 valence electrons. The first-order valence-corrected chi connectivity index (χ1v) is 9.46. The van der Waals surface area contributed by atoms with Gasteiger partial charge in [-0.3, -0.25) is 4.99 Å². The highest BCUT2D eigenvalue weighted by atomic mass is 35.5. The van der Waals surface area contributed by atoms with Crippen LogP contribution in [0.4, 0.5) is 5.82 Å². The second-order valence-electron chi connectivity index (χ2n) is 6.61. The number of anilines is 1. The highest BCUT2D eigenvalue weighted by Crippen LogP contribution is 2.25. The van der Waals surface area contributed by atoms with Gasteiger partial charge in [0.1, 0.15) is 5.82 Å². The van der Waals surface area contributed by atoms with Crippen molar-refractivity contribution in [3.05, 3.63) is 23.4 Å². The van der Waals surface area contributed by atoms with E-state index < -0.39 is 0 Å². The number of guanidine groups is 1. The molecular weight excluding hydrogens is 338 g/mol. The van der Waals surface area contributed by atoms with E-state index in [2.05, 4.69) is 46.3 Å².